The van der Waals surface area contributed by atoms with Crippen LogP contribution in [0.5, 0.6) is 11.5 Å². The zero-order valence-corrected chi connectivity index (χ0v) is 16.7. The van der Waals surface area contributed by atoms with E-state index in [-0.39, 0.29) is 6.03 Å². The number of methoxy groups -OCH3 is 1. The first-order chi connectivity index (χ1) is 13.2. The summed E-state index contributed by atoms with van der Waals surface area (Å²) < 4.78 is 11.0. The summed E-state index contributed by atoms with van der Waals surface area (Å²) in [5.74, 6) is 2.29. The average molecular weight is 376 g/mol. The molecule has 0 unspecified atom stereocenters. The minimum Gasteiger partial charge on any atom is -0.497 e. The normalized spacial score (nSPS) is 23.7. The van der Waals surface area contributed by atoms with Crippen molar-refractivity contribution in [2.24, 2.45) is 5.92 Å². The molecule has 6 heteroatoms. The minimum absolute atomic E-state index is 0.114. The molecule has 0 aromatic heterocycles. The number of rotatable bonds is 6. The van der Waals surface area contributed by atoms with Crippen molar-refractivity contribution in [1.29, 1.82) is 0 Å². The zero-order valence-electron chi connectivity index (χ0n) is 16.7. The molecule has 1 saturated carbocycles. The van der Waals surface area contributed by atoms with Crippen molar-refractivity contribution in [2.75, 3.05) is 46.4 Å². The van der Waals surface area contributed by atoms with Crippen molar-refractivity contribution in [3.05, 3.63) is 24.3 Å². The van der Waals surface area contributed by atoms with Crippen molar-refractivity contribution in [2.45, 2.75) is 38.6 Å². The Balaban J connectivity index is 1.34. The highest BCUT2D eigenvalue weighted by atomic mass is 16.5. The molecule has 3 rings (SSSR count). The molecule has 2 amide bonds. The van der Waals surface area contributed by atoms with Gasteiger partial charge in [0.15, 0.2) is 0 Å². The molecule has 1 saturated heterocycles. The fourth-order valence-electron chi connectivity index (χ4n) is 3.92. The van der Waals surface area contributed by atoms with Crippen molar-refractivity contribution in [1.82, 2.24) is 15.1 Å². The van der Waals surface area contributed by atoms with Crippen molar-refractivity contribution < 1.29 is 14.3 Å². The van der Waals surface area contributed by atoms with Gasteiger partial charge in [-0.2, -0.15) is 0 Å². The van der Waals surface area contributed by atoms with Gasteiger partial charge in [0, 0.05) is 38.8 Å². The van der Waals surface area contributed by atoms with Crippen molar-refractivity contribution in [3.63, 3.8) is 0 Å². The number of hydrogen-bond donors (Lipinski definition) is 1. The molecular formula is C21H33N3O3. The smallest absolute Gasteiger partial charge is 0.317 e. The number of piperazine rings is 1. The Morgan fingerprint density at radius 3 is 2.41 bits per heavy atom. The maximum absolute atomic E-state index is 12.5. The van der Waals surface area contributed by atoms with E-state index < -0.39 is 0 Å². The molecular weight excluding hydrogens is 342 g/mol. The fourth-order valence-corrected chi connectivity index (χ4v) is 3.92. The van der Waals surface area contributed by atoms with E-state index in [2.05, 4.69) is 17.1 Å². The van der Waals surface area contributed by atoms with Crippen molar-refractivity contribution in [3.8, 4) is 11.5 Å². The first-order valence-corrected chi connectivity index (χ1v) is 10.2. The Morgan fingerprint density at radius 2 is 1.74 bits per heavy atom. The van der Waals surface area contributed by atoms with Crippen LogP contribution in [-0.2, 0) is 0 Å². The summed E-state index contributed by atoms with van der Waals surface area (Å²) in [4.78, 5) is 16.8. The van der Waals surface area contributed by atoms with Crippen LogP contribution >= 0.6 is 0 Å². The van der Waals surface area contributed by atoms with E-state index in [9.17, 15) is 4.79 Å². The molecule has 1 aliphatic heterocycles. The first kappa shape index (κ1) is 19.8. The summed E-state index contributed by atoms with van der Waals surface area (Å²) in [6.45, 7) is 7.16. The van der Waals surface area contributed by atoms with Crippen LogP contribution in [0.4, 0.5) is 4.79 Å². The van der Waals surface area contributed by atoms with Gasteiger partial charge in [-0.15, -0.1) is 0 Å². The molecule has 6 nitrogen and oxygen atoms in total. The number of nitrogens with one attached hydrogen (secondary N) is 1. The predicted molar refractivity (Wildman–Crippen MR) is 106 cm³/mol. The molecule has 27 heavy (non-hydrogen) atoms. The molecule has 1 heterocycles. The summed E-state index contributed by atoms with van der Waals surface area (Å²) in [6.07, 6.45) is 4.88. The van der Waals surface area contributed by atoms with Crippen LogP contribution in [0.3, 0.4) is 0 Å². The standard InChI is InChI=1S/C21H33N3O3/c1-17-5-3-4-6-20(17)22-21(25)24-13-11-23(12-14-24)15-16-27-19-9-7-18(26-2)8-10-19/h7-10,17,20H,3-6,11-16H2,1-2H3,(H,22,25)/t17-,20-/m0/s1. The molecule has 1 N–H and O–H groups in total. The lowest BCUT2D eigenvalue weighted by atomic mass is 9.86. The van der Waals surface area contributed by atoms with Gasteiger partial charge in [-0.3, -0.25) is 4.90 Å². The third-order valence-electron chi connectivity index (χ3n) is 5.82. The second kappa shape index (κ2) is 9.83. The third-order valence-corrected chi connectivity index (χ3v) is 5.82. The lowest BCUT2D eigenvalue weighted by Crippen LogP contribution is -2.55. The highest BCUT2D eigenvalue weighted by Crippen LogP contribution is 2.24. The molecule has 1 aliphatic carbocycles. The van der Waals surface area contributed by atoms with E-state index in [1.165, 1.54) is 19.3 Å². The Kier molecular flexibility index (Phi) is 7.21. The number of amides is 2. The van der Waals surface area contributed by atoms with Crippen LogP contribution in [0.1, 0.15) is 32.6 Å². The lowest BCUT2D eigenvalue weighted by Gasteiger charge is -2.37. The number of nitrogens with zero attached hydrogens (tertiary/aromatic N) is 2. The van der Waals surface area contributed by atoms with Gasteiger partial charge in [0.2, 0.25) is 0 Å². The fraction of sp³-hybridized carbons (Fsp3) is 0.667. The summed E-state index contributed by atoms with van der Waals surface area (Å²) in [6, 6.07) is 8.12. The molecule has 2 aliphatic rings. The zero-order chi connectivity index (χ0) is 19.1. The Hall–Kier alpha value is -1.95. The van der Waals surface area contributed by atoms with Crippen LogP contribution in [0.15, 0.2) is 24.3 Å². The number of carbonyl (C=O) groups is 1. The predicted octanol–water partition coefficient (Wildman–Crippen LogP) is 2.98. The summed E-state index contributed by atoms with van der Waals surface area (Å²) in [5.41, 5.74) is 0. The van der Waals surface area contributed by atoms with Gasteiger partial charge in [-0.05, 0) is 43.0 Å². The third kappa shape index (κ3) is 5.76. The highest BCUT2D eigenvalue weighted by molar-refractivity contribution is 5.74. The van der Waals surface area contributed by atoms with Crippen LogP contribution in [0.2, 0.25) is 0 Å². The highest BCUT2D eigenvalue weighted by Gasteiger charge is 2.26. The van der Waals surface area contributed by atoms with Gasteiger partial charge in [0.05, 0.1) is 7.11 Å². The summed E-state index contributed by atoms with van der Waals surface area (Å²) in [5, 5.41) is 3.26. The summed E-state index contributed by atoms with van der Waals surface area (Å²) in [7, 11) is 1.66. The van der Waals surface area contributed by atoms with Crippen LogP contribution < -0.4 is 14.8 Å². The van der Waals surface area contributed by atoms with Gasteiger partial charge in [-0.1, -0.05) is 19.8 Å². The number of hydrogen-bond acceptors (Lipinski definition) is 4. The summed E-state index contributed by atoms with van der Waals surface area (Å²) >= 11 is 0. The second-order valence-electron chi connectivity index (χ2n) is 7.67. The molecule has 1 aromatic rings. The van der Waals surface area contributed by atoms with Crippen molar-refractivity contribution >= 4 is 6.03 Å². The molecule has 0 spiro atoms. The molecule has 2 fully saturated rings. The van der Waals surface area contributed by atoms with Gasteiger partial charge < -0.3 is 19.7 Å². The minimum atomic E-state index is 0.114. The maximum Gasteiger partial charge on any atom is 0.317 e. The van der Waals surface area contributed by atoms with Gasteiger partial charge in [-0.25, -0.2) is 4.79 Å². The molecule has 1 aromatic carbocycles. The number of carbonyl (C=O) groups excluding carboxylic acids is 1. The van der Waals surface area contributed by atoms with E-state index in [0.717, 1.165) is 50.6 Å². The monoisotopic (exact) mass is 375 g/mol. The van der Waals surface area contributed by atoms with Gasteiger partial charge in [0.1, 0.15) is 18.1 Å². The van der Waals surface area contributed by atoms with Crippen LogP contribution in [0.25, 0.3) is 0 Å². The Labute approximate surface area is 162 Å². The molecule has 0 bridgehead atoms. The van der Waals surface area contributed by atoms with Gasteiger partial charge in [0.25, 0.3) is 0 Å². The number of urea groups is 1. The first-order valence-electron chi connectivity index (χ1n) is 10.2. The van der Waals surface area contributed by atoms with E-state index in [4.69, 9.17) is 9.47 Å². The molecule has 2 atom stereocenters. The average Bonchev–Trinajstić information content (AvgIpc) is 2.71. The van der Waals surface area contributed by atoms with E-state index in [1.54, 1.807) is 7.11 Å². The van der Waals surface area contributed by atoms with E-state index >= 15 is 0 Å². The number of benzene rings is 1. The lowest BCUT2D eigenvalue weighted by molar-refractivity contribution is 0.121. The second-order valence-corrected chi connectivity index (χ2v) is 7.67. The quantitative estimate of drug-likeness (QED) is 0.831. The van der Waals surface area contributed by atoms with E-state index in [1.807, 2.05) is 29.2 Å². The maximum atomic E-state index is 12.5. The van der Waals surface area contributed by atoms with Gasteiger partial charge >= 0.3 is 6.03 Å². The largest absolute Gasteiger partial charge is 0.497 e. The SMILES string of the molecule is COc1ccc(OCCN2CCN(C(=O)N[C@H]3CCCC[C@@H]3C)CC2)cc1. The Bertz CT molecular complexity index is 585. The van der Waals surface area contributed by atoms with E-state index in [0.29, 0.717) is 18.6 Å². The molecule has 150 valence electrons. The topological polar surface area (TPSA) is 54.0 Å². The number of ether oxygens (including phenoxy) is 2. The Morgan fingerprint density at radius 1 is 1.07 bits per heavy atom. The van der Waals surface area contributed by atoms with Crippen LogP contribution in [-0.4, -0.2) is 68.3 Å². The van der Waals surface area contributed by atoms with Crippen LogP contribution in [0, 0.1) is 5.92 Å². The molecule has 0 radical (unpaired) electrons.